The summed E-state index contributed by atoms with van der Waals surface area (Å²) in [5.74, 6) is -0.196. The van der Waals surface area contributed by atoms with Gasteiger partial charge in [-0.25, -0.2) is 13.9 Å². The summed E-state index contributed by atoms with van der Waals surface area (Å²) in [5.41, 5.74) is 0.940. The van der Waals surface area contributed by atoms with Crippen molar-refractivity contribution in [3.05, 3.63) is 42.0 Å². The van der Waals surface area contributed by atoms with Crippen molar-refractivity contribution < 1.29 is 14.3 Å². The molecule has 0 saturated heterocycles. The molecule has 1 heterocycles. The van der Waals surface area contributed by atoms with E-state index in [1.807, 2.05) is 13.8 Å². The Balaban J connectivity index is 1.69. The maximum absolute atomic E-state index is 14.3. The minimum Gasteiger partial charge on any atom is -0.394 e. The predicted molar refractivity (Wildman–Crippen MR) is 88.6 cm³/mol. The van der Waals surface area contributed by atoms with E-state index in [-0.39, 0.29) is 12.5 Å². The minimum atomic E-state index is -0.644. The van der Waals surface area contributed by atoms with Crippen LogP contribution in [0.3, 0.4) is 0 Å². The minimum absolute atomic E-state index is 0.128. The molecule has 0 aliphatic heterocycles. The van der Waals surface area contributed by atoms with Crippen LogP contribution in [0.25, 0.3) is 5.69 Å². The third-order valence-electron chi connectivity index (χ3n) is 4.37. The van der Waals surface area contributed by atoms with Crippen LogP contribution in [-0.4, -0.2) is 33.1 Å². The average molecular weight is 332 g/mol. The van der Waals surface area contributed by atoms with Crippen LogP contribution < -0.4 is 10.6 Å². The normalized spacial score (nSPS) is 16.5. The molecule has 1 unspecified atom stereocenters. The summed E-state index contributed by atoms with van der Waals surface area (Å²) in [6.07, 6.45) is 5.35. The Hall–Kier alpha value is -2.41. The van der Waals surface area contributed by atoms with E-state index in [0.29, 0.717) is 11.4 Å². The number of hydrogen-bond donors (Lipinski definition) is 3. The molecule has 1 aromatic heterocycles. The summed E-state index contributed by atoms with van der Waals surface area (Å²) in [6, 6.07) is 3.96. The summed E-state index contributed by atoms with van der Waals surface area (Å²) in [6.45, 7) is 3.56. The first-order chi connectivity index (χ1) is 11.4. The van der Waals surface area contributed by atoms with Gasteiger partial charge in [-0.05, 0) is 56.4 Å². The van der Waals surface area contributed by atoms with E-state index >= 15 is 0 Å². The number of aliphatic hydroxyl groups is 1. The number of amides is 2. The van der Waals surface area contributed by atoms with E-state index in [0.717, 1.165) is 18.4 Å². The number of nitrogens with one attached hydrogen (secondary N) is 2. The van der Waals surface area contributed by atoms with Gasteiger partial charge in [-0.1, -0.05) is 0 Å². The van der Waals surface area contributed by atoms with Crippen LogP contribution >= 0.6 is 0 Å². The highest BCUT2D eigenvalue weighted by molar-refractivity contribution is 5.90. The van der Waals surface area contributed by atoms with Gasteiger partial charge in [0.05, 0.1) is 18.3 Å². The number of rotatable bonds is 5. The fourth-order valence-corrected chi connectivity index (χ4v) is 2.73. The second-order valence-corrected chi connectivity index (χ2v) is 6.56. The summed E-state index contributed by atoms with van der Waals surface area (Å²) >= 11 is 0. The molecular weight excluding hydrogens is 311 g/mol. The molecule has 0 bridgehead atoms. The van der Waals surface area contributed by atoms with Gasteiger partial charge < -0.3 is 15.7 Å². The Morgan fingerprint density at radius 3 is 2.79 bits per heavy atom. The number of urea groups is 1. The molecule has 1 fully saturated rings. The highest BCUT2D eigenvalue weighted by Gasteiger charge is 2.42. The zero-order valence-electron chi connectivity index (χ0n) is 13.7. The highest BCUT2D eigenvalue weighted by atomic mass is 19.1. The van der Waals surface area contributed by atoms with E-state index in [1.54, 1.807) is 24.5 Å². The van der Waals surface area contributed by atoms with Gasteiger partial charge >= 0.3 is 6.03 Å². The van der Waals surface area contributed by atoms with Gasteiger partial charge in [0, 0.05) is 11.9 Å². The molecule has 1 aliphatic carbocycles. The quantitative estimate of drug-likeness (QED) is 0.787. The molecular formula is C17H21FN4O2. The Bertz CT molecular complexity index is 757. The summed E-state index contributed by atoms with van der Waals surface area (Å²) in [5, 5.41) is 19.0. The second-order valence-electron chi connectivity index (χ2n) is 6.56. The van der Waals surface area contributed by atoms with Crippen LogP contribution in [0.5, 0.6) is 0 Å². The van der Waals surface area contributed by atoms with Crippen LogP contribution in [0.15, 0.2) is 30.6 Å². The molecule has 2 aromatic rings. The van der Waals surface area contributed by atoms with E-state index in [1.165, 1.54) is 10.7 Å². The van der Waals surface area contributed by atoms with Crippen molar-refractivity contribution in [2.24, 2.45) is 5.92 Å². The van der Waals surface area contributed by atoms with E-state index in [4.69, 9.17) is 0 Å². The number of carbonyl (C=O) groups excluding carboxylic acids is 1. The number of aliphatic hydroxyl groups excluding tert-OH is 1. The Labute approximate surface area is 139 Å². The smallest absolute Gasteiger partial charge is 0.319 e. The fraction of sp³-hybridized carbons (Fsp3) is 0.412. The first-order valence-corrected chi connectivity index (χ1v) is 7.92. The molecule has 1 saturated carbocycles. The second kappa shape index (κ2) is 6.24. The lowest BCUT2D eigenvalue weighted by atomic mass is 9.97. The third-order valence-corrected chi connectivity index (χ3v) is 4.37. The topological polar surface area (TPSA) is 79.2 Å². The van der Waals surface area contributed by atoms with Gasteiger partial charge in [0.25, 0.3) is 0 Å². The van der Waals surface area contributed by atoms with Crippen molar-refractivity contribution in [2.45, 2.75) is 32.2 Å². The number of hydrogen-bond acceptors (Lipinski definition) is 3. The Morgan fingerprint density at radius 2 is 2.25 bits per heavy atom. The van der Waals surface area contributed by atoms with Crippen LogP contribution in [0.4, 0.5) is 14.9 Å². The number of anilines is 1. The number of aryl methyl sites for hydroxylation is 1. The Morgan fingerprint density at radius 1 is 1.50 bits per heavy atom. The number of carbonyl (C=O) groups is 1. The lowest BCUT2D eigenvalue weighted by molar-refractivity contribution is 0.159. The molecule has 6 nitrogen and oxygen atoms in total. The zero-order valence-corrected chi connectivity index (χ0v) is 13.7. The molecule has 24 heavy (non-hydrogen) atoms. The van der Waals surface area contributed by atoms with E-state index < -0.39 is 17.4 Å². The summed E-state index contributed by atoms with van der Waals surface area (Å²) in [4.78, 5) is 12.1. The molecule has 0 spiro atoms. The van der Waals surface area contributed by atoms with Crippen LogP contribution in [0.2, 0.25) is 0 Å². The first-order valence-electron chi connectivity index (χ1n) is 7.92. The highest BCUT2D eigenvalue weighted by Crippen LogP contribution is 2.39. The maximum atomic E-state index is 14.3. The Kier molecular flexibility index (Phi) is 4.28. The molecule has 0 radical (unpaired) electrons. The van der Waals surface area contributed by atoms with Crippen LogP contribution in [-0.2, 0) is 0 Å². The first kappa shape index (κ1) is 16.4. The number of nitrogens with zero attached hydrogens (tertiary/aromatic N) is 2. The van der Waals surface area contributed by atoms with E-state index in [9.17, 15) is 14.3 Å². The van der Waals surface area contributed by atoms with Gasteiger partial charge in [-0.15, -0.1) is 0 Å². The lowest BCUT2D eigenvalue weighted by Gasteiger charge is -2.28. The number of halogens is 1. The molecule has 1 atom stereocenters. The monoisotopic (exact) mass is 332 g/mol. The molecule has 1 aromatic carbocycles. The predicted octanol–water partition coefficient (Wildman–Crippen LogP) is 2.60. The van der Waals surface area contributed by atoms with Crippen molar-refractivity contribution in [2.75, 3.05) is 11.9 Å². The molecule has 1 aliphatic rings. The maximum Gasteiger partial charge on any atom is 0.319 e. The number of benzene rings is 1. The van der Waals surface area contributed by atoms with Crippen molar-refractivity contribution >= 4 is 11.7 Å². The van der Waals surface area contributed by atoms with Crippen LogP contribution in [0.1, 0.15) is 25.3 Å². The molecule has 3 N–H and O–H groups in total. The molecule has 3 rings (SSSR count). The van der Waals surface area contributed by atoms with Gasteiger partial charge in [0.2, 0.25) is 0 Å². The van der Waals surface area contributed by atoms with Gasteiger partial charge in [0.15, 0.2) is 5.82 Å². The summed E-state index contributed by atoms with van der Waals surface area (Å²) < 4.78 is 15.7. The standard InChI is InChI=1S/C17H21FN4O2/c1-11-8-19-22(9-11)15-6-5-13(7-14(15)18)20-16(24)21-17(2,10-23)12-3-4-12/h5-9,12,23H,3-4,10H2,1-2H3,(H2,20,21,24). The molecule has 128 valence electrons. The van der Waals surface area contributed by atoms with Crippen molar-refractivity contribution in [1.82, 2.24) is 15.1 Å². The fourth-order valence-electron chi connectivity index (χ4n) is 2.73. The van der Waals surface area contributed by atoms with Gasteiger partial charge in [-0.2, -0.15) is 5.10 Å². The largest absolute Gasteiger partial charge is 0.394 e. The van der Waals surface area contributed by atoms with Gasteiger partial charge in [0.1, 0.15) is 5.69 Å². The third kappa shape index (κ3) is 3.41. The zero-order chi connectivity index (χ0) is 17.3. The van der Waals surface area contributed by atoms with E-state index in [2.05, 4.69) is 15.7 Å². The van der Waals surface area contributed by atoms with Crippen molar-refractivity contribution in [3.8, 4) is 5.69 Å². The molecule has 2 amide bonds. The summed E-state index contributed by atoms with van der Waals surface area (Å²) in [7, 11) is 0. The van der Waals surface area contributed by atoms with Crippen LogP contribution in [0, 0.1) is 18.7 Å². The van der Waals surface area contributed by atoms with Gasteiger partial charge in [-0.3, -0.25) is 0 Å². The van der Waals surface area contributed by atoms with Crippen molar-refractivity contribution in [1.29, 1.82) is 0 Å². The average Bonchev–Trinajstić information content (AvgIpc) is 3.30. The number of aromatic nitrogens is 2. The SMILES string of the molecule is Cc1cnn(-c2ccc(NC(=O)NC(C)(CO)C3CC3)cc2F)c1. The molecule has 7 heteroatoms. The lowest BCUT2D eigenvalue weighted by Crippen LogP contribution is -2.52. The van der Waals surface area contributed by atoms with Crippen molar-refractivity contribution in [3.63, 3.8) is 0 Å².